The number of hydrogen-bond donors (Lipinski definition) is 1. The van der Waals surface area contributed by atoms with Gasteiger partial charge in [0, 0.05) is 30.9 Å². The SMILES string of the molecule is CCCc1nccn1-c1nc(C(F)(F)F)ccc1CN. The predicted molar refractivity (Wildman–Crippen MR) is 68.2 cm³/mol. The molecule has 0 unspecified atom stereocenters. The van der Waals surface area contributed by atoms with E-state index in [2.05, 4.69) is 9.97 Å². The fourth-order valence-electron chi connectivity index (χ4n) is 1.94. The van der Waals surface area contributed by atoms with E-state index in [1.807, 2.05) is 6.92 Å². The highest BCUT2D eigenvalue weighted by Gasteiger charge is 2.33. The molecule has 0 radical (unpaired) electrons. The van der Waals surface area contributed by atoms with Crippen LogP contribution in [0.25, 0.3) is 5.82 Å². The summed E-state index contributed by atoms with van der Waals surface area (Å²) in [6.45, 7) is 2.09. The highest BCUT2D eigenvalue weighted by Crippen LogP contribution is 2.29. The van der Waals surface area contributed by atoms with Crippen LogP contribution in [0.1, 0.15) is 30.4 Å². The largest absolute Gasteiger partial charge is 0.433 e. The van der Waals surface area contributed by atoms with E-state index < -0.39 is 11.9 Å². The Kier molecular flexibility index (Phi) is 4.08. The summed E-state index contributed by atoms with van der Waals surface area (Å²) in [7, 11) is 0. The second-order valence-electron chi connectivity index (χ2n) is 4.34. The van der Waals surface area contributed by atoms with Gasteiger partial charge >= 0.3 is 6.18 Å². The van der Waals surface area contributed by atoms with Gasteiger partial charge in [0.25, 0.3) is 0 Å². The average molecular weight is 284 g/mol. The molecule has 4 nitrogen and oxygen atoms in total. The Morgan fingerprint density at radius 3 is 2.65 bits per heavy atom. The van der Waals surface area contributed by atoms with Gasteiger partial charge in [-0.2, -0.15) is 13.2 Å². The van der Waals surface area contributed by atoms with Crippen molar-refractivity contribution in [2.24, 2.45) is 5.73 Å². The zero-order valence-electron chi connectivity index (χ0n) is 11.0. The summed E-state index contributed by atoms with van der Waals surface area (Å²) < 4.78 is 39.9. The Morgan fingerprint density at radius 2 is 2.05 bits per heavy atom. The minimum atomic E-state index is -4.48. The lowest BCUT2D eigenvalue weighted by Crippen LogP contribution is -2.14. The van der Waals surface area contributed by atoms with Gasteiger partial charge in [-0.15, -0.1) is 0 Å². The molecule has 108 valence electrons. The van der Waals surface area contributed by atoms with Gasteiger partial charge in [-0.25, -0.2) is 9.97 Å². The van der Waals surface area contributed by atoms with E-state index >= 15 is 0 Å². The molecule has 20 heavy (non-hydrogen) atoms. The van der Waals surface area contributed by atoms with Gasteiger partial charge < -0.3 is 5.73 Å². The Balaban J connectivity index is 2.55. The van der Waals surface area contributed by atoms with Crippen molar-refractivity contribution in [1.82, 2.24) is 14.5 Å². The number of aryl methyl sites for hydroxylation is 1. The molecule has 0 saturated carbocycles. The Morgan fingerprint density at radius 1 is 1.30 bits per heavy atom. The lowest BCUT2D eigenvalue weighted by atomic mass is 10.2. The van der Waals surface area contributed by atoms with Gasteiger partial charge in [0.2, 0.25) is 0 Å². The van der Waals surface area contributed by atoms with Crippen LogP contribution in [0.3, 0.4) is 0 Å². The van der Waals surface area contributed by atoms with Gasteiger partial charge in [-0.3, -0.25) is 4.57 Å². The second-order valence-corrected chi connectivity index (χ2v) is 4.34. The van der Waals surface area contributed by atoms with Crippen LogP contribution >= 0.6 is 0 Å². The minimum absolute atomic E-state index is 0.115. The maximum absolute atomic E-state index is 12.8. The van der Waals surface area contributed by atoms with Crippen LogP contribution in [0.15, 0.2) is 24.5 Å². The normalized spacial score (nSPS) is 11.8. The van der Waals surface area contributed by atoms with E-state index in [-0.39, 0.29) is 12.4 Å². The first kappa shape index (κ1) is 14.5. The van der Waals surface area contributed by atoms with Crippen LogP contribution in [0, 0.1) is 0 Å². The Hall–Kier alpha value is -1.89. The van der Waals surface area contributed by atoms with Crippen LogP contribution in [-0.2, 0) is 19.1 Å². The summed E-state index contributed by atoms with van der Waals surface area (Å²) in [5, 5.41) is 0. The first-order valence-electron chi connectivity index (χ1n) is 6.27. The Bertz CT molecular complexity index is 590. The van der Waals surface area contributed by atoms with Crippen molar-refractivity contribution in [3.8, 4) is 5.82 Å². The molecule has 0 aliphatic heterocycles. The third-order valence-corrected chi connectivity index (χ3v) is 2.89. The van der Waals surface area contributed by atoms with Crippen LogP contribution in [0.2, 0.25) is 0 Å². The quantitative estimate of drug-likeness (QED) is 0.939. The topological polar surface area (TPSA) is 56.7 Å². The van der Waals surface area contributed by atoms with Crippen LogP contribution in [0.4, 0.5) is 13.2 Å². The maximum atomic E-state index is 12.8. The van der Waals surface area contributed by atoms with Crippen molar-refractivity contribution in [2.45, 2.75) is 32.5 Å². The molecule has 0 spiro atoms. The van der Waals surface area contributed by atoms with E-state index in [9.17, 15) is 13.2 Å². The van der Waals surface area contributed by atoms with E-state index in [0.29, 0.717) is 17.8 Å². The van der Waals surface area contributed by atoms with E-state index in [1.165, 1.54) is 6.07 Å². The zero-order valence-corrected chi connectivity index (χ0v) is 11.0. The molecule has 0 saturated heterocycles. The van der Waals surface area contributed by atoms with Crippen molar-refractivity contribution >= 4 is 0 Å². The molecule has 0 fully saturated rings. The van der Waals surface area contributed by atoms with Gasteiger partial charge in [0.15, 0.2) is 0 Å². The van der Waals surface area contributed by atoms with Crippen molar-refractivity contribution in [2.75, 3.05) is 0 Å². The summed E-state index contributed by atoms with van der Waals surface area (Å²) in [6.07, 6.45) is 0.177. The molecule has 0 aromatic carbocycles. The van der Waals surface area contributed by atoms with Crippen LogP contribution in [-0.4, -0.2) is 14.5 Å². The summed E-state index contributed by atoms with van der Waals surface area (Å²) in [5.74, 6) is 0.872. The number of pyridine rings is 1. The molecule has 0 bridgehead atoms. The highest BCUT2D eigenvalue weighted by atomic mass is 19.4. The third-order valence-electron chi connectivity index (χ3n) is 2.89. The summed E-state index contributed by atoms with van der Waals surface area (Å²) >= 11 is 0. The van der Waals surface area contributed by atoms with E-state index in [0.717, 1.165) is 12.5 Å². The van der Waals surface area contributed by atoms with E-state index in [1.54, 1.807) is 17.0 Å². The highest BCUT2D eigenvalue weighted by molar-refractivity contribution is 5.37. The number of nitrogens with two attached hydrogens (primary N) is 1. The molecule has 0 aliphatic carbocycles. The maximum Gasteiger partial charge on any atom is 0.433 e. The number of aromatic nitrogens is 3. The third kappa shape index (κ3) is 2.82. The number of imidazole rings is 1. The standard InChI is InChI=1S/C13H15F3N4/c1-2-3-11-18-6-7-20(11)12-9(8-17)4-5-10(19-12)13(14,15)16/h4-7H,2-3,8,17H2,1H3. The van der Waals surface area contributed by atoms with Crippen molar-refractivity contribution in [3.63, 3.8) is 0 Å². The van der Waals surface area contributed by atoms with E-state index in [4.69, 9.17) is 5.73 Å². The molecular formula is C13H15F3N4. The molecule has 2 rings (SSSR count). The number of rotatable bonds is 4. The van der Waals surface area contributed by atoms with Crippen molar-refractivity contribution < 1.29 is 13.2 Å². The number of hydrogen-bond acceptors (Lipinski definition) is 3. The minimum Gasteiger partial charge on any atom is -0.326 e. The first-order chi connectivity index (χ1) is 9.47. The van der Waals surface area contributed by atoms with Crippen LogP contribution < -0.4 is 5.73 Å². The molecule has 2 heterocycles. The summed E-state index contributed by atoms with van der Waals surface area (Å²) in [6, 6.07) is 2.31. The molecule has 0 amide bonds. The molecule has 2 aromatic heterocycles. The van der Waals surface area contributed by atoms with Gasteiger partial charge in [-0.1, -0.05) is 13.0 Å². The first-order valence-corrected chi connectivity index (χ1v) is 6.27. The van der Waals surface area contributed by atoms with Crippen molar-refractivity contribution in [1.29, 1.82) is 0 Å². The zero-order chi connectivity index (χ0) is 14.8. The fourth-order valence-corrected chi connectivity index (χ4v) is 1.94. The summed E-state index contributed by atoms with van der Waals surface area (Å²) in [4.78, 5) is 7.87. The molecule has 2 N–H and O–H groups in total. The number of alkyl halides is 3. The lowest BCUT2D eigenvalue weighted by Gasteiger charge is -2.14. The Labute approximate surface area is 114 Å². The molecule has 0 aliphatic rings. The van der Waals surface area contributed by atoms with Crippen molar-refractivity contribution in [3.05, 3.63) is 41.6 Å². The monoisotopic (exact) mass is 284 g/mol. The lowest BCUT2D eigenvalue weighted by molar-refractivity contribution is -0.141. The average Bonchev–Trinajstić information content (AvgIpc) is 2.85. The van der Waals surface area contributed by atoms with Gasteiger partial charge in [0.05, 0.1) is 0 Å². The summed E-state index contributed by atoms with van der Waals surface area (Å²) in [5.41, 5.74) is 5.20. The molecule has 2 aromatic rings. The second kappa shape index (κ2) is 5.62. The smallest absolute Gasteiger partial charge is 0.326 e. The fraction of sp³-hybridized carbons (Fsp3) is 0.385. The number of nitrogens with zero attached hydrogens (tertiary/aromatic N) is 3. The van der Waals surface area contributed by atoms with Crippen LogP contribution in [0.5, 0.6) is 0 Å². The number of halogens is 3. The molecule has 7 heteroatoms. The van der Waals surface area contributed by atoms with Gasteiger partial charge in [0.1, 0.15) is 17.3 Å². The molecular weight excluding hydrogens is 269 g/mol. The molecule has 0 atom stereocenters. The predicted octanol–water partition coefficient (Wildman–Crippen LogP) is 2.70. The van der Waals surface area contributed by atoms with Gasteiger partial charge in [-0.05, 0) is 12.5 Å².